The minimum absolute atomic E-state index is 0. The molecule has 0 bridgehead atoms. The second kappa shape index (κ2) is 6.08. The van der Waals surface area contributed by atoms with E-state index in [-0.39, 0.29) is 21.1 Å². The van der Waals surface area contributed by atoms with Crippen LogP contribution in [0.3, 0.4) is 0 Å². The van der Waals surface area contributed by atoms with Crippen molar-refractivity contribution >= 4 is 28.9 Å². The summed E-state index contributed by atoms with van der Waals surface area (Å²) < 4.78 is 0. The van der Waals surface area contributed by atoms with Crippen LogP contribution in [0.15, 0.2) is 12.7 Å². The SMILES string of the molecule is C=CCSP(O)(O)=S.[Mo]. The van der Waals surface area contributed by atoms with Crippen molar-refractivity contribution in [2.45, 2.75) is 0 Å². The molecule has 0 aromatic carbocycles. The van der Waals surface area contributed by atoms with Gasteiger partial charge in [-0.15, -0.1) is 6.58 Å². The zero-order valence-electron chi connectivity index (χ0n) is 4.56. The molecule has 54 valence electrons. The molecule has 0 rings (SSSR count). The molecule has 0 unspecified atom stereocenters. The molecule has 0 radical (unpaired) electrons. The molecule has 0 spiro atoms. The van der Waals surface area contributed by atoms with Gasteiger partial charge in [-0.3, -0.25) is 0 Å². The van der Waals surface area contributed by atoms with Crippen LogP contribution in [0.5, 0.6) is 0 Å². The van der Waals surface area contributed by atoms with Crippen LogP contribution >= 0.6 is 17.1 Å². The van der Waals surface area contributed by atoms with E-state index < -0.39 is 5.69 Å². The van der Waals surface area contributed by atoms with Crippen molar-refractivity contribution in [3.8, 4) is 0 Å². The van der Waals surface area contributed by atoms with Gasteiger partial charge in [-0.2, -0.15) is 0 Å². The zero-order valence-corrected chi connectivity index (χ0v) is 9.09. The maximum Gasteiger partial charge on any atom is 0.242 e. The van der Waals surface area contributed by atoms with Crippen LogP contribution in [0.1, 0.15) is 0 Å². The van der Waals surface area contributed by atoms with Gasteiger partial charge in [0.15, 0.2) is 0 Å². The van der Waals surface area contributed by atoms with Crippen LogP contribution in [0.2, 0.25) is 0 Å². The Hall–Kier alpha value is 1.35. The van der Waals surface area contributed by atoms with Crippen molar-refractivity contribution in [1.82, 2.24) is 0 Å². The molecule has 0 atom stereocenters. The average Bonchev–Trinajstić information content (AvgIpc) is 1.59. The third kappa shape index (κ3) is 12.5. The third-order valence-electron chi connectivity index (χ3n) is 0.361. The van der Waals surface area contributed by atoms with Gasteiger partial charge in [-0.05, 0) is 11.8 Å². The molecule has 0 aliphatic carbocycles. The summed E-state index contributed by atoms with van der Waals surface area (Å²) in [4.78, 5) is 17.1. The Labute approximate surface area is 77.9 Å². The maximum atomic E-state index is 8.55. The molecule has 0 aliphatic heterocycles. The molecule has 6 heteroatoms. The first-order chi connectivity index (χ1) is 3.56. The Morgan fingerprint density at radius 2 is 2.11 bits per heavy atom. The smallest absolute Gasteiger partial charge is 0.242 e. The van der Waals surface area contributed by atoms with Crippen molar-refractivity contribution in [3.63, 3.8) is 0 Å². The van der Waals surface area contributed by atoms with Gasteiger partial charge in [0.2, 0.25) is 5.69 Å². The number of rotatable bonds is 3. The first-order valence-corrected chi connectivity index (χ1v) is 6.17. The van der Waals surface area contributed by atoms with E-state index >= 15 is 0 Å². The van der Waals surface area contributed by atoms with Crippen LogP contribution in [0, 0.1) is 0 Å². The zero-order chi connectivity index (χ0) is 6.62. The van der Waals surface area contributed by atoms with Crippen molar-refractivity contribution < 1.29 is 30.9 Å². The van der Waals surface area contributed by atoms with Gasteiger partial charge in [-0.25, -0.2) is 0 Å². The van der Waals surface area contributed by atoms with Crippen molar-refractivity contribution in [1.29, 1.82) is 0 Å². The quantitative estimate of drug-likeness (QED) is 0.456. The number of hydrogen-bond acceptors (Lipinski definition) is 2. The summed E-state index contributed by atoms with van der Waals surface area (Å²) in [5, 5.41) is 0. The molecule has 9 heavy (non-hydrogen) atoms. The van der Waals surface area contributed by atoms with E-state index in [0.717, 1.165) is 11.4 Å². The van der Waals surface area contributed by atoms with Crippen molar-refractivity contribution in [2.24, 2.45) is 0 Å². The fourth-order valence-corrected chi connectivity index (χ4v) is 1.90. The van der Waals surface area contributed by atoms with Crippen LogP contribution in [-0.2, 0) is 32.9 Å². The van der Waals surface area contributed by atoms with E-state index in [1.165, 1.54) is 0 Å². The predicted octanol–water partition coefficient (Wildman–Crippen LogP) is 1.11. The summed E-state index contributed by atoms with van der Waals surface area (Å²) >= 11 is 5.24. The molecule has 0 saturated heterocycles. The maximum absolute atomic E-state index is 8.55. The fraction of sp³-hybridized carbons (Fsp3) is 0.333. The minimum Gasteiger partial charge on any atom is -0.338 e. The first kappa shape index (κ1) is 13.0. The van der Waals surface area contributed by atoms with Crippen molar-refractivity contribution in [3.05, 3.63) is 12.7 Å². The Morgan fingerprint density at radius 1 is 1.67 bits per heavy atom. The van der Waals surface area contributed by atoms with Crippen LogP contribution in [0.25, 0.3) is 0 Å². The van der Waals surface area contributed by atoms with Gasteiger partial charge in [0, 0.05) is 26.8 Å². The molecule has 0 heterocycles. The Morgan fingerprint density at radius 3 is 2.22 bits per heavy atom. The molecular formula is C3H7MoO2PS2. The predicted molar refractivity (Wildman–Crippen MR) is 41.4 cm³/mol. The molecule has 0 aliphatic rings. The molecule has 0 saturated carbocycles. The van der Waals surface area contributed by atoms with Gasteiger partial charge >= 0.3 is 0 Å². The van der Waals surface area contributed by atoms with Crippen molar-refractivity contribution in [2.75, 3.05) is 5.75 Å². The first-order valence-electron chi connectivity index (χ1n) is 1.87. The standard InChI is InChI=1S/C3H7O2PS2.Mo/c1-2-3-8-6(4,5)7;/h2H,1,3H2,(H2,4,5,7);. The van der Waals surface area contributed by atoms with E-state index in [2.05, 4.69) is 18.4 Å². The van der Waals surface area contributed by atoms with E-state index in [4.69, 9.17) is 9.79 Å². The Kier molecular flexibility index (Phi) is 8.77. The number of hydrogen-bond donors (Lipinski definition) is 2. The molecule has 0 amide bonds. The van der Waals surface area contributed by atoms with E-state index in [1.54, 1.807) is 6.08 Å². The topological polar surface area (TPSA) is 40.5 Å². The monoisotopic (exact) mass is 268 g/mol. The summed E-state index contributed by atoms with van der Waals surface area (Å²) in [7, 11) is 0. The van der Waals surface area contributed by atoms with Gasteiger partial charge in [0.05, 0.1) is 0 Å². The summed E-state index contributed by atoms with van der Waals surface area (Å²) in [6.07, 6.45) is 1.58. The van der Waals surface area contributed by atoms with Gasteiger partial charge in [-0.1, -0.05) is 17.5 Å². The summed E-state index contributed by atoms with van der Waals surface area (Å²) in [5.74, 6) is 0.504. The normalized spacial score (nSPS) is 10.0. The van der Waals surface area contributed by atoms with Crippen LogP contribution in [0.4, 0.5) is 0 Å². The Balaban J connectivity index is 0. The summed E-state index contributed by atoms with van der Waals surface area (Å²) in [6, 6.07) is 0. The molecular weight excluding hydrogens is 259 g/mol. The van der Waals surface area contributed by atoms with Gasteiger partial charge in [0.25, 0.3) is 0 Å². The van der Waals surface area contributed by atoms with Gasteiger partial charge in [0.1, 0.15) is 0 Å². The fourth-order valence-electron chi connectivity index (χ4n) is 0.150. The summed E-state index contributed by atoms with van der Waals surface area (Å²) in [5.41, 5.74) is -3.00. The van der Waals surface area contributed by atoms with Crippen LogP contribution in [-0.4, -0.2) is 15.5 Å². The van der Waals surface area contributed by atoms with E-state index in [1.807, 2.05) is 0 Å². The Bertz CT molecular complexity index is 123. The van der Waals surface area contributed by atoms with E-state index in [0.29, 0.717) is 5.75 Å². The molecule has 0 aromatic heterocycles. The van der Waals surface area contributed by atoms with Gasteiger partial charge < -0.3 is 9.79 Å². The second-order valence-corrected chi connectivity index (χ2v) is 7.17. The largest absolute Gasteiger partial charge is 0.338 e. The summed E-state index contributed by atoms with van der Waals surface area (Å²) in [6.45, 7) is 3.39. The average molecular weight is 266 g/mol. The van der Waals surface area contributed by atoms with E-state index in [9.17, 15) is 0 Å². The molecule has 0 fully saturated rings. The van der Waals surface area contributed by atoms with Crippen LogP contribution < -0.4 is 0 Å². The molecule has 2 N–H and O–H groups in total. The second-order valence-electron chi connectivity index (χ2n) is 1.08. The molecule has 2 nitrogen and oxygen atoms in total. The minimum atomic E-state index is -3.00. The third-order valence-corrected chi connectivity index (χ3v) is 3.49. The molecule has 0 aromatic rings.